The van der Waals surface area contributed by atoms with Gasteiger partial charge in [0.1, 0.15) is 0 Å². The van der Waals surface area contributed by atoms with E-state index in [-0.39, 0.29) is 11.8 Å². The molecule has 106 valence electrons. The second-order valence-corrected chi connectivity index (χ2v) is 5.24. The summed E-state index contributed by atoms with van der Waals surface area (Å²) in [6, 6.07) is 2.22. The number of rotatable bonds is 6. The third kappa shape index (κ3) is 4.33. The summed E-state index contributed by atoms with van der Waals surface area (Å²) in [5.74, 6) is -0.149. The monoisotopic (exact) mass is 266 g/mol. The fourth-order valence-electron chi connectivity index (χ4n) is 2.57. The average molecular weight is 266 g/mol. The van der Waals surface area contributed by atoms with Crippen molar-refractivity contribution in [2.24, 2.45) is 11.7 Å². The summed E-state index contributed by atoms with van der Waals surface area (Å²) in [5, 5.41) is 17.3. The van der Waals surface area contributed by atoms with Crippen LogP contribution >= 0.6 is 0 Å². The Balaban J connectivity index is 1.65. The van der Waals surface area contributed by atoms with Crippen LogP contribution in [0.15, 0.2) is 18.5 Å². The van der Waals surface area contributed by atoms with Crippen LogP contribution in [0.4, 0.5) is 0 Å². The number of aromatic nitrogens is 2. The molecule has 0 aromatic carbocycles. The summed E-state index contributed by atoms with van der Waals surface area (Å²) in [5.41, 5.74) is 5.30. The predicted octanol–water partition coefficient (Wildman–Crippen LogP) is -0.122. The van der Waals surface area contributed by atoms with Gasteiger partial charge in [-0.3, -0.25) is 9.48 Å². The van der Waals surface area contributed by atoms with Crippen LogP contribution in [0.1, 0.15) is 25.7 Å². The van der Waals surface area contributed by atoms with Crippen LogP contribution in [-0.2, 0) is 11.3 Å². The number of primary amides is 1. The van der Waals surface area contributed by atoms with Gasteiger partial charge in [-0.05, 0) is 31.7 Å². The zero-order valence-corrected chi connectivity index (χ0v) is 11.0. The number of nitrogens with one attached hydrogen (secondary N) is 1. The number of carbonyl (C=O) groups excluding carboxylic acids is 1. The lowest BCUT2D eigenvalue weighted by molar-refractivity contribution is -0.122. The van der Waals surface area contributed by atoms with Crippen LogP contribution in [0.5, 0.6) is 0 Å². The van der Waals surface area contributed by atoms with E-state index in [2.05, 4.69) is 10.4 Å². The van der Waals surface area contributed by atoms with Gasteiger partial charge in [-0.25, -0.2) is 0 Å². The number of hydrogen-bond acceptors (Lipinski definition) is 4. The minimum atomic E-state index is -0.450. The lowest BCUT2D eigenvalue weighted by Crippen LogP contribution is -2.41. The largest absolute Gasteiger partial charge is 0.390 e. The Bertz CT molecular complexity index is 385. The van der Waals surface area contributed by atoms with Crippen LogP contribution in [0.2, 0.25) is 0 Å². The second-order valence-electron chi connectivity index (χ2n) is 5.24. The van der Waals surface area contributed by atoms with Gasteiger partial charge in [-0.2, -0.15) is 5.10 Å². The highest BCUT2D eigenvalue weighted by Crippen LogP contribution is 2.23. The highest BCUT2D eigenvalue weighted by atomic mass is 16.3. The van der Waals surface area contributed by atoms with Gasteiger partial charge < -0.3 is 16.2 Å². The predicted molar refractivity (Wildman–Crippen MR) is 71.2 cm³/mol. The molecule has 0 saturated heterocycles. The summed E-state index contributed by atoms with van der Waals surface area (Å²) in [7, 11) is 0. The maximum absolute atomic E-state index is 11.1. The first-order valence-corrected chi connectivity index (χ1v) is 6.83. The molecular formula is C13H22N4O2. The maximum Gasteiger partial charge on any atom is 0.220 e. The van der Waals surface area contributed by atoms with E-state index >= 15 is 0 Å². The molecule has 1 saturated carbocycles. The van der Waals surface area contributed by atoms with Crippen molar-refractivity contribution in [1.29, 1.82) is 0 Å². The van der Waals surface area contributed by atoms with Gasteiger partial charge in [0.2, 0.25) is 5.91 Å². The number of aliphatic hydroxyl groups excluding tert-OH is 1. The van der Waals surface area contributed by atoms with E-state index in [1.54, 1.807) is 10.9 Å². The summed E-state index contributed by atoms with van der Waals surface area (Å²) < 4.78 is 1.72. The van der Waals surface area contributed by atoms with E-state index in [4.69, 9.17) is 5.73 Å². The van der Waals surface area contributed by atoms with E-state index < -0.39 is 6.10 Å². The minimum absolute atomic E-state index is 0.0343. The van der Waals surface area contributed by atoms with Crippen LogP contribution in [0.25, 0.3) is 0 Å². The molecule has 2 rings (SSSR count). The van der Waals surface area contributed by atoms with E-state index in [1.165, 1.54) is 0 Å². The Kier molecular flexibility index (Phi) is 4.93. The summed E-state index contributed by atoms with van der Waals surface area (Å²) >= 11 is 0. The Labute approximate surface area is 113 Å². The first-order valence-electron chi connectivity index (χ1n) is 6.83. The maximum atomic E-state index is 11.1. The van der Waals surface area contributed by atoms with Crippen molar-refractivity contribution >= 4 is 5.91 Å². The second kappa shape index (κ2) is 6.68. The minimum Gasteiger partial charge on any atom is -0.390 e. The molecule has 1 fully saturated rings. The van der Waals surface area contributed by atoms with Crippen LogP contribution < -0.4 is 11.1 Å². The van der Waals surface area contributed by atoms with Crippen molar-refractivity contribution in [3.63, 3.8) is 0 Å². The third-order valence-electron chi connectivity index (χ3n) is 3.73. The number of nitrogens with two attached hydrogens (primary N) is 1. The molecule has 0 aliphatic heterocycles. The molecule has 0 radical (unpaired) electrons. The fourth-order valence-corrected chi connectivity index (χ4v) is 2.57. The van der Waals surface area contributed by atoms with Crippen molar-refractivity contribution < 1.29 is 9.90 Å². The third-order valence-corrected chi connectivity index (χ3v) is 3.73. The molecule has 6 nitrogen and oxygen atoms in total. The van der Waals surface area contributed by atoms with Crippen molar-refractivity contribution in [3.05, 3.63) is 18.5 Å². The van der Waals surface area contributed by atoms with Gasteiger partial charge in [0, 0.05) is 30.9 Å². The zero-order chi connectivity index (χ0) is 13.7. The lowest BCUT2D eigenvalue weighted by atomic mass is 9.85. The van der Waals surface area contributed by atoms with Gasteiger partial charge in [0.15, 0.2) is 0 Å². The molecule has 1 unspecified atom stereocenters. The van der Waals surface area contributed by atoms with Crippen LogP contribution in [-0.4, -0.2) is 39.5 Å². The summed E-state index contributed by atoms with van der Waals surface area (Å²) in [6.07, 6.45) is 6.68. The molecule has 1 aromatic rings. The van der Waals surface area contributed by atoms with Gasteiger partial charge in [0.05, 0.1) is 12.6 Å². The molecule has 19 heavy (non-hydrogen) atoms. The molecule has 6 heteroatoms. The zero-order valence-electron chi connectivity index (χ0n) is 11.0. The summed E-state index contributed by atoms with van der Waals surface area (Å²) in [6.45, 7) is 1.04. The smallest absolute Gasteiger partial charge is 0.220 e. The average Bonchev–Trinajstić information content (AvgIpc) is 2.89. The Morgan fingerprint density at radius 2 is 2.21 bits per heavy atom. The van der Waals surface area contributed by atoms with E-state index in [9.17, 15) is 9.90 Å². The standard InChI is InChI=1S/C13H22N4O2/c14-13(19)10-2-4-11(5-3-10)15-8-12(18)9-17-7-1-6-16-17/h1,6-7,10-12,15,18H,2-5,8-9H2,(H2,14,19). The van der Waals surface area contributed by atoms with E-state index in [1.807, 2.05) is 12.3 Å². The van der Waals surface area contributed by atoms with Crippen LogP contribution in [0, 0.1) is 5.92 Å². The molecule has 1 heterocycles. The number of amides is 1. The quantitative estimate of drug-likeness (QED) is 0.669. The Morgan fingerprint density at radius 1 is 1.47 bits per heavy atom. The fraction of sp³-hybridized carbons (Fsp3) is 0.692. The number of hydrogen-bond donors (Lipinski definition) is 3. The molecule has 0 bridgehead atoms. The van der Waals surface area contributed by atoms with Gasteiger partial charge in [-0.15, -0.1) is 0 Å². The van der Waals surface area contributed by atoms with Crippen molar-refractivity contribution in [3.8, 4) is 0 Å². The Hall–Kier alpha value is -1.40. The normalized spacial score (nSPS) is 25.1. The van der Waals surface area contributed by atoms with Gasteiger partial charge in [-0.1, -0.05) is 0 Å². The SMILES string of the molecule is NC(=O)C1CCC(NCC(O)Cn2cccn2)CC1. The highest BCUT2D eigenvalue weighted by Gasteiger charge is 2.24. The molecule has 1 aliphatic carbocycles. The number of nitrogens with zero attached hydrogens (tertiary/aromatic N) is 2. The highest BCUT2D eigenvalue weighted by molar-refractivity contribution is 5.76. The van der Waals surface area contributed by atoms with E-state index in [0.29, 0.717) is 19.1 Å². The van der Waals surface area contributed by atoms with Gasteiger partial charge >= 0.3 is 0 Å². The molecule has 1 atom stereocenters. The van der Waals surface area contributed by atoms with Crippen molar-refractivity contribution in [2.75, 3.05) is 6.54 Å². The molecule has 0 spiro atoms. The van der Waals surface area contributed by atoms with Crippen LogP contribution in [0.3, 0.4) is 0 Å². The molecule has 1 amide bonds. The molecule has 1 aliphatic rings. The molecule has 4 N–H and O–H groups in total. The lowest BCUT2D eigenvalue weighted by Gasteiger charge is -2.28. The van der Waals surface area contributed by atoms with Gasteiger partial charge in [0.25, 0.3) is 0 Å². The topological polar surface area (TPSA) is 93.2 Å². The first kappa shape index (κ1) is 14.0. The Morgan fingerprint density at radius 3 is 2.79 bits per heavy atom. The first-order chi connectivity index (χ1) is 9.15. The van der Waals surface area contributed by atoms with Crippen molar-refractivity contribution in [2.45, 2.75) is 44.4 Å². The summed E-state index contributed by atoms with van der Waals surface area (Å²) in [4.78, 5) is 11.1. The number of carbonyl (C=O) groups is 1. The van der Waals surface area contributed by atoms with E-state index in [0.717, 1.165) is 25.7 Å². The number of aliphatic hydroxyl groups is 1. The van der Waals surface area contributed by atoms with Crippen molar-refractivity contribution in [1.82, 2.24) is 15.1 Å². The molecular weight excluding hydrogens is 244 g/mol. The molecule has 1 aromatic heterocycles.